The number of piperidine rings is 1. The Hall–Kier alpha value is -1.85. The second kappa shape index (κ2) is 7.81. The van der Waals surface area contributed by atoms with Crippen molar-refractivity contribution in [3.05, 3.63) is 11.8 Å². The molecular weight excluding hydrogens is 268 g/mol. The van der Waals surface area contributed by atoms with Crippen LogP contribution in [-0.4, -0.2) is 47.0 Å². The largest absolute Gasteiger partial charge is 0.478 e. The number of nitrogens with one attached hydrogen (secondary N) is 1. The normalized spacial score (nSPS) is 14.9. The number of nitrogens with zero attached hydrogens (tertiary/aromatic N) is 3. The number of aryl methyl sites for hydroxylation is 1. The van der Waals surface area contributed by atoms with Crippen LogP contribution in [0.15, 0.2) is 6.07 Å². The van der Waals surface area contributed by atoms with Gasteiger partial charge >= 0.3 is 0 Å². The summed E-state index contributed by atoms with van der Waals surface area (Å²) in [6.45, 7) is 6.52. The first kappa shape index (κ1) is 15.5. The minimum Gasteiger partial charge on any atom is -0.478 e. The van der Waals surface area contributed by atoms with Crippen LogP contribution in [0.4, 0.5) is 5.95 Å². The summed E-state index contributed by atoms with van der Waals surface area (Å²) in [5.74, 6) is 1.11. The molecule has 2 rings (SSSR count). The van der Waals surface area contributed by atoms with Gasteiger partial charge in [-0.3, -0.25) is 4.79 Å². The molecule has 0 atom stereocenters. The Morgan fingerprint density at radius 2 is 2.10 bits per heavy atom. The molecular formula is C15H24N4O2. The molecule has 1 aliphatic heterocycles. The number of carbonyl (C=O) groups excluding carboxylic acids is 1. The van der Waals surface area contributed by atoms with E-state index in [4.69, 9.17) is 4.74 Å². The molecule has 1 N–H and O–H groups in total. The van der Waals surface area contributed by atoms with E-state index < -0.39 is 0 Å². The molecule has 0 aliphatic carbocycles. The maximum atomic E-state index is 12.1. The molecule has 1 aliphatic rings. The molecule has 0 aromatic carbocycles. The van der Waals surface area contributed by atoms with Crippen molar-refractivity contribution in [2.75, 3.05) is 31.6 Å². The summed E-state index contributed by atoms with van der Waals surface area (Å²) in [5.41, 5.74) is 0.823. The molecule has 1 fully saturated rings. The van der Waals surface area contributed by atoms with Crippen molar-refractivity contribution >= 4 is 11.9 Å². The van der Waals surface area contributed by atoms with Crippen LogP contribution < -0.4 is 10.1 Å². The molecule has 116 valence electrons. The Kier molecular flexibility index (Phi) is 5.78. The molecule has 0 saturated carbocycles. The summed E-state index contributed by atoms with van der Waals surface area (Å²) in [4.78, 5) is 22.6. The van der Waals surface area contributed by atoms with E-state index in [1.165, 1.54) is 6.42 Å². The predicted molar refractivity (Wildman–Crippen MR) is 81.5 cm³/mol. The van der Waals surface area contributed by atoms with E-state index in [9.17, 15) is 4.79 Å². The van der Waals surface area contributed by atoms with Crippen LogP contribution in [0.2, 0.25) is 0 Å². The molecule has 1 aromatic rings. The quantitative estimate of drug-likeness (QED) is 0.868. The van der Waals surface area contributed by atoms with Crippen LogP contribution in [0, 0.1) is 6.92 Å². The van der Waals surface area contributed by atoms with Crippen molar-refractivity contribution in [2.24, 2.45) is 0 Å². The fraction of sp³-hybridized carbons (Fsp3) is 0.667. The molecule has 6 heteroatoms. The molecule has 6 nitrogen and oxygen atoms in total. The Balaban J connectivity index is 1.89. The zero-order valence-electron chi connectivity index (χ0n) is 12.9. The van der Waals surface area contributed by atoms with E-state index in [-0.39, 0.29) is 12.5 Å². The van der Waals surface area contributed by atoms with E-state index in [2.05, 4.69) is 15.3 Å². The van der Waals surface area contributed by atoms with Gasteiger partial charge in [0.25, 0.3) is 0 Å². The lowest BCUT2D eigenvalue weighted by molar-refractivity contribution is -0.130. The van der Waals surface area contributed by atoms with Gasteiger partial charge in [0.1, 0.15) is 0 Å². The van der Waals surface area contributed by atoms with Gasteiger partial charge in [0, 0.05) is 24.8 Å². The SMILES string of the molecule is CCCOc1cc(C)nc(NCC(=O)N2CCCCC2)n1. The second-order valence-corrected chi connectivity index (χ2v) is 5.31. The fourth-order valence-electron chi connectivity index (χ4n) is 2.31. The van der Waals surface area contributed by atoms with Crippen molar-refractivity contribution in [2.45, 2.75) is 39.5 Å². The third kappa shape index (κ3) is 4.88. The maximum absolute atomic E-state index is 12.1. The smallest absolute Gasteiger partial charge is 0.241 e. The number of aromatic nitrogens is 2. The highest BCUT2D eigenvalue weighted by Gasteiger charge is 2.16. The van der Waals surface area contributed by atoms with Crippen LogP contribution in [0.1, 0.15) is 38.3 Å². The zero-order valence-corrected chi connectivity index (χ0v) is 12.9. The third-order valence-electron chi connectivity index (χ3n) is 3.39. The van der Waals surface area contributed by atoms with E-state index in [1.807, 2.05) is 18.7 Å². The highest BCUT2D eigenvalue weighted by Crippen LogP contribution is 2.13. The molecule has 0 spiro atoms. The van der Waals surface area contributed by atoms with Crippen molar-refractivity contribution in [1.82, 2.24) is 14.9 Å². The van der Waals surface area contributed by atoms with Gasteiger partial charge in [-0.05, 0) is 32.6 Å². The minimum atomic E-state index is 0.107. The first-order valence-corrected chi connectivity index (χ1v) is 7.69. The number of rotatable bonds is 6. The van der Waals surface area contributed by atoms with Gasteiger partial charge < -0.3 is 15.0 Å². The number of anilines is 1. The van der Waals surface area contributed by atoms with Gasteiger partial charge in [0.2, 0.25) is 17.7 Å². The standard InChI is InChI=1S/C15H24N4O2/c1-3-9-21-13-10-12(2)17-15(18-13)16-11-14(20)19-7-5-4-6-8-19/h10H,3-9,11H2,1-2H3,(H,16,17,18). The summed E-state index contributed by atoms with van der Waals surface area (Å²) in [6.07, 6.45) is 4.35. The summed E-state index contributed by atoms with van der Waals surface area (Å²) in [6, 6.07) is 1.80. The van der Waals surface area contributed by atoms with Gasteiger partial charge in [-0.2, -0.15) is 4.98 Å². The van der Waals surface area contributed by atoms with Crippen molar-refractivity contribution in [3.63, 3.8) is 0 Å². The number of carbonyl (C=O) groups is 1. The summed E-state index contributed by atoms with van der Waals surface area (Å²) in [7, 11) is 0. The predicted octanol–water partition coefficient (Wildman–Crippen LogP) is 2.00. The second-order valence-electron chi connectivity index (χ2n) is 5.31. The molecule has 2 heterocycles. The number of hydrogen-bond donors (Lipinski definition) is 1. The highest BCUT2D eigenvalue weighted by molar-refractivity contribution is 5.80. The molecule has 1 saturated heterocycles. The first-order chi connectivity index (χ1) is 10.2. The number of ether oxygens (including phenoxy) is 1. The fourth-order valence-corrected chi connectivity index (χ4v) is 2.31. The van der Waals surface area contributed by atoms with Crippen LogP contribution in [0.5, 0.6) is 5.88 Å². The first-order valence-electron chi connectivity index (χ1n) is 7.69. The van der Waals surface area contributed by atoms with E-state index in [0.717, 1.165) is 38.0 Å². The van der Waals surface area contributed by atoms with E-state index in [1.54, 1.807) is 6.07 Å². The van der Waals surface area contributed by atoms with Crippen molar-refractivity contribution in [1.29, 1.82) is 0 Å². The zero-order chi connectivity index (χ0) is 15.1. The van der Waals surface area contributed by atoms with Gasteiger partial charge in [0.05, 0.1) is 13.2 Å². The Morgan fingerprint density at radius 1 is 1.33 bits per heavy atom. The summed E-state index contributed by atoms with van der Waals surface area (Å²) in [5, 5.41) is 3.01. The number of amides is 1. The lowest BCUT2D eigenvalue weighted by Gasteiger charge is -2.26. The van der Waals surface area contributed by atoms with Crippen LogP contribution in [0.25, 0.3) is 0 Å². The number of hydrogen-bond acceptors (Lipinski definition) is 5. The lowest BCUT2D eigenvalue weighted by atomic mass is 10.1. The lowest BCUT2D eigenvalue weighted by Crippen LogP contribution is -2.39. The molecule has 21 heavy (non-hydrogen) atoms. The minimum absolute atomic E-state index is 0.107. The molecule has 1 amide bonds. The monoisotopic (exact) mass is 292 g/mol. The summed E-state index contributed by atoms with van der Waals surface area (Å²) < 4.78 is 5.51. The van der Waals surface area contributed by atoms with Crippen LogP contribution in [0.3, 0.4) is 0 Å². The topological polar surface area (TPSA) is 67.3 Å². The van der Waals surface area contributed by atoms with Crippen LogP contribution >= 0.6 is 0 Å². The van der Waals surface area contributed by atoms with E-state index >= 15 is 0 Å². The molecule has 0 radical (unpaired) electrons. The Labute approximate surface area is 125 Å². The van der Waals surface area contributed by atoms with Gasteiger partial charge in [-0.1, -0.05) is 6.92 Å². The average Bonchev–Trinajstić information content (AvgIpc) is 2.51. The Bertz CT molecular complexity index is 473. The van der Waals surface area contributed by atoms with Crippen molar-refractivity contribution < 1.29 is 9.53 Å². The van der Waals surface area contributed by atoms with Gasteiger partial charge in [0.15, 0.2) is 0 Å². The Morgan fingerprint density at radius 3 is 2.81 bits per heavy atom. The third-order valence-corrected chi connectivity index (χ3v) is 3.39. The molecule has 0 unspecified atom stereocenters. The highest BCUT2D eigenvalue weighted by atomic mass is 16.5. The van der Waals surface area contributed by atoms with Gasteiger partial charge in [-0.15, -0.1) is 0 Å². The molecule has 1 aromatic heterocycles. The number of likely N-dealkylation sites (tertiary alicyclic amines) is 1. The van der Waals surface area contributed by atoms with Crippen LogP contribution in [-0.2, 0) is 4.79 Å². The van der Waals surface area contributed by atoms with Gasteiger partial charge in [-0.25, -0.2) is 4.98 Å². The van der Waals surface area contributed by atoms with E-state index in [0.29, 0.717) is 18.4 Å². The average molecular weight is 292 g/mol. The summed E-state index contributed by atoms with van der Waals surface area (Å²) >= 11 is 0. The molecule has 0 bridgehead atoms. The van der Waals surface area contributed by atoms with Crippen molar-refractivity contribution in [3.8, 4) is 5.88 Å². The maximum Gasteiger partial charge on any atom is 0.241 e.